The van der Waals surface area contributed by atoms with E-state index < -0.39 is 0 Å². The third-order valence-electron chi connectivity index (χ3n) is 4.07. The Bertz CT molecular complexity index is 530. The van der Waals surface area contributed by atoms with Crippen LogP contribution in [-0.2, 0) is 4.79 Å². The van der Waals surface area contributed by atoms with E-state index in [9.17, 15) is 14.7 Å². The van der Waals surface area contributed by atoms with E-state index in [1.165, 1.54) is 11.8 Å². The highest BCUT2D eigenvalue weighted by molar-refractivity contribution is 6.04. The van der Waals surface area contributed by atoms with Gasteiger partial charge in [0.15, 0.2) is 0 Å². The number of carbonyl (C=O) groups is 2. The van der Waals surface area contributed by atoms with E-state index in [1.54, 1.807) is 30.1 Å². The van der Waals surface area contributed by atoms with Crippen molar-refractivity contribution in [3.05, 3.63) is 29.8 Å². The number of nitrogens with zero attached hydrogens (tertiary/aromatic N) is 2. The maximum absolute atomic E-state index is 12.8. The van der Waals surface area contributed by atoms with Crippen molar-refractivity contribution < 1.29 is 14.7 Å². The molecule has 2 rings (SSSR count). The van der Waals surface area contributed by atoms with Gasteiger partial charge in [-0.25, -0.2) is 0 Å². The van der Waals surface area contributed by atoms with Gasteiger partial charge in [0.1, 0.15) is 0 Å². The minimum absolute atomic E-state index is 0.0174. The molecule has 1 atom stereocenters. The van der Waals surface area contributed by atoms with Crippen LogP contribution in [0, 0.1) is 0 Å². The molecule has 21 heavy (non-hydrogen) atoms. The highest BCUT2D eigenvalue weighted by Crippen LogP contribution is 2.25. The highest BCUT2D eigenvalue weighted by atomic mass is 16.3. The molecule has 0 bridgehead atoms. The fourth-order valence-electron chi connectivity index (χ4n) is 2.73. The molecule has 1 N–H and O–H groups in total. The summed E-state index contributed by atoms with van der Waals surface area (Å²) in [6.07, 6.45) is 2.81. The Morgan fingerprint density at radius 3 is 2.71 bits per heavy atom. The van der Waals surface area contributed by atoms with Gasteiger partial charge in [-0.3, -0.25) is 9.59 Å². The lowest BCUT2D eigenvalue weighted by atomic mass is 10.0. The van der Waals surface area contributed by atoms with Crippen molar-refractivity contribution in [1.29, 1.82) is 0 Å². The fourth-order valence-corrected chi connectivity index (χ4v) is 2.73. The number of para-hydroxylation sites is 1. The first-order valence-electron chi connectivity index (χ1n) is 7.31. The number of aliphatic hydroxyl groups is 1. The van der Waals surface area contributed by atoms with Crippen LogP contribution in [0.1, 0.15) is 36.5 Å². The molecule has 5 nitrogen and oxygen atoms in total. The minimum Gasteiger partial charge on any atom is -0.394 e. The quantitative estimate of drug-likeness (QED) is 0.921. The number of likely N-dealkylation sites (tertiary alicyclic amines) is 1. The number of amides is 2. The molecule has 1 aliphatic rings. The molecule has 0 saturated carbocycles. The van der Waals surface area contributed by atoms with Crippen LogP contribution in [-0.4, -0.2) is 48.1 Å². The van der Waals surface area contributed by atoms with E-state index >= 15 is 0 Å². The molecule has 1 aromatic rings. The van der Waals surface area contributed by atoms with Gasteiger partial charge in [-0.05, 0) is 31.4 Å². The van der Waals surface area contributed by atoms with Crippen molar-refractivity contribution >= 4 is 17.5 Å². The molecule has 2 amide bonds. The van der Waals surface area contributed by atoms with Crippen LogP contribution in [0.5, 0.6) is 0 Å². The summed E-state index contributed by atoms with van der Waals surface area (Å²) in [4.78, 5) is 27.6. The van der Waals surface area contributed by atoms with Crippen molar-refractivity contribution in [1.82, 2.24) is 4.90 Å². The summed E-state index contributed by atoms with van der Waals surface area (Å²) in [6, 6.07) is 6.99. The Balaban J connectivity index is 2.32. The molecule has 1 fully saturated rings. The van der Waals surface area contributed by atoms with Gasteiger partial charge in [0.2, 0.25) is 5.91 Å². The molecule has 1 aromatic carbocycles. The summed E-state index contributed by atoms with van der Waals surface area (Å²) in [7, 11) is 1.66. The molecular weight excluding hydrogens is 268 g/mol. The second kappa shape index (κ2) is 6.72. The predicted molar refractivity (Wildman–Crippen MR) is 81.3 cm³/mol. The summed E-state index contributed by atoms with van der Waals surface area (Å²) in [5, 5.41) is 9.47. The van der Waals surface area contributed by atoms with Crippen LogP contribution in [0.3, 0.4) is 0 Å². The van der Waals surface area contributed by atoms with E-state index in [0.29, 0.717) is 17.8 Å². The fraction of sp³-hybridized carbons (Fsp3) is 0.500. The number of anilines is 1. The predicted octanol–water partition coefficient (Wildman–Crippen LogP) is 1.66. The first kappa shape index (κ1) is 15.5. The normalized spacial score (nSPS) is 18.4. The molecule has 0 spiro atoms. The molecular formula is C16H22N2O3. The second-order valence-electron chi connectivity index (χ2n) is 5.43. The second-order valence-corrected chi connectivity index (χ2v) is 5.43. The van der Waals surface area contributed by atoms with Gasteiger partial charge >= 0.3 is 0 Å². The molecule has 1 heterocycles. The van der Waals surface area contributed by atoms with Crippen molar-refractivity contribution in [3.8, 4) is 0 Å². The van der Waals surface area contributed by atoms with Gasteiger partial charge in [-0.1, -0.05) is 12.1 Å². The zero-order valence-corrected chi connectivity index (χ0v) is 12.6. The average Bonchev–Trinajstić information content (AvgIpc) is 2.53. The number of aliphatic hydroxyl groups excluding tert-OH is 1. The number of piperidine rings is 1. The van der Waals surface area contributed by atoms with Gasteiger partial charge in [0.25, 0.3) is 5.91 Å². The van der Waals surface area contributed by atoms with E-state index in [0.717, 1.165) is 19.3 Å². The Labute approximate surface area is 125 Å². The summed E-state index contributed by atoms with van der Waals surface area (Å²) in [6.45, 7) is 2.11. The summed E-state index contributed by atoms with van der Waals surface area (Å²) >= 11 is 0. The Hall–Kier alpha value is -1.88. The Morgan fingerprint density at radius 1 is 1.33 bits per heavy atom. The van der Waals surface area contributed by atoms with Crippen molar-refractivity contribution in [2.45, 2.75) is 32.2 Å². The van der Waals surface area contributed by atoms with Crippen LogP contribution < -0.4 is 4.90 Å². The minimum atomic E-state index is -0.123. The van der Waals surface area contributed by atoms with Crippen LogP contribution in [0.25, 0.3) is 0 Å². The lowest BCUT2D eigenvalue weighted by Gasteiger charge is -2.35. The molecule has 0 aliphatic carbocycles. The Morgan fingerprint density at radius 2 is 2.05 bits per heavy atom. The van der Waals surface area contributed by atoms with Gasteiger partial charge < -0.3 is 14.9 Å². The first-order chi connectivity index (χ1) is 10.1. The molecule has 1 aliphatic heterocycles. The third-order valence-corrected chi connectivity index (χ3v) is 4.07. The molecule has 0 radical (unpaired) electrons. The number of carbonyl (C=O) groups excluding carboxylic acids is 2. The smallest absolute Gasteiger partial charge is 0.256 e. The van der Waals surface area contributed by atoms with E-state index in [4.69, 9.17) is 0 Å². The third kappa shape index (κ3) is 3.24. The van der Waals surface area contributed by atoms with Crippen molar-refractivity contribution in [3.63, 3.8) is 0 Å². The van der Waals surface area contributed by atoms with Gasteiger partial charge in [0, 0.05) is 20.5 Å². The summed E-state index contributed by atoms with van der Waals surface area (Å²) in [5.74, 6) is -0.231. The largest absolute Gasteiger partial charge is 0.394 e. The van der Waals surface area contributed by atoms with Crippen LogP contribution in [0.2, 0.25) is 0 Å². The van der Waals surface area contributed by atoms with E-state index in [2.05, 4.69) is 0 Å². The van der Waals surface area contributed by atoms with Gasteiger partial charge in [0.05, 0.1) is 23.9 Å². The molecule has 5 heteroatoms. The van der Waals surface area contributed by atoms with Crippen LogP contribution in [0.4, 0.5) is 5.69 Å². The summed E-state index contributed by atoms with van der Waals surface area (Å²) < 4.78 is 0. The van der Waals surface area contributed by atoms with Crippen molar-refractivity contribution in [2.75, 3.05) is 25.1 Å². The van der Waals surface area contributed by atoms with E-state index in [-0.39, 0.29) is 24.5 Å². The molecule has 114 valence electrons. The summed E-state index contributed by atoms with van der Waals surface area (Å²) in [5.41, 5.74) is 1.12. The number of rotatable bonds is 3. The molecule has 1 saturated heterocycles. The molecule has 0 aromatic heterocycles. The van der Waals surface area contributed by atoms with Gasteiger partial charge in [-0.2, -0.15) is 0 Å². The number of benzene rings is 1. The van der Waals surface area contributed by atoms with Crippen LogP contribution in [0.15, 0.2) is 24.3 Å². The lowest BCUT2D eigenvalue weighted by Crippen LogP contribution is -2.46. The number of hydrogen-bond acceptors (Lipinski definition) is 3. The zero-order chi connectivity index (χ0) is 15.4. The average molecular weight is 290 g/mol. The Kier molecular flexibility index (Phi) is 4.96. The van der Waals surface area contributed by atoms with E-state index in [1.807, 2.05) is 6.07 Å². The zero-order valence-electron chi connectivity index (χ0n) is 12.6. The lowest BCUT2D eigenvalue weighted by molar-refractivity contribution is -0.116. The monoisotopic (exact) mass is 290 g/mol. The number of hydrogen-bond donors (Lipinski definition) is 1. The maximum atomic E-state index is 12.8. The highest BCUT2D eigenvalue weighted by Gasteiger charge is 2.28. The maximum Gasteiger partial charge on any atom is 0.256 e. The topological polar surface area (TPSA) is 60.9 Å². The molecule has 1 unspecified atom stereocenters. The van der Waals surface area contributed by atoms with Crippen LogP contribution >= 0.6 is 0 Å². The van der Waals surface area contributed by atoms with Crippen molar-refractivity contribution in [2.24, 2.45) is 0 Å². The van der Waals surface area contributed by atoms with Gasteiger partial charge in [-0.15, -0.1) is 0 Å². The SMILES string of the molecule is CC(=O)N(C)c1ccccc1C(=O)N1CCCCC1CO. The first-order valence-corrected chi connectivity index (χ1v) is 7.31. The standard InChI is InChI=1S/C16H22N2O3/c1-12(20)17(2)15-9-4-3-8-14(15)16(21)18-10-6-5-7-13(18)11-19/h3-4,8-9,13,19H,5-7,10-11H2,1-2H3.